The van der Waals surface area contributed by atoms with Gasteiger partial charge in [-0.15, -0.1) is 0 Å². The summed E-state index contributed by atoms with van der Waals surface area (Å²) in [5, 5.41) is 6.90. The van der Waals surface area contributed by atoms with E-state index in [9.17, 15) is 9.59 Å². The van der Waals surface area contributed by atoms with E-state index >= 15 is 0 Å². The third-order valence-corrected chi connectivity index (χ3v) is 2.65. The van der Waals surface area contributed by atoms with Gasteiger partial charge in [0.25, 0.3) is 5.91 Å². The summed E-state index contributed by atoms with van der Waals surface area (Å²) in [6, 6.07) is 6.66. The molecule has 1 amide bonds. The third-order valence-electron chi connectivity index (χ3n) is 2.42. The van der Waals surface area contributed by atoms with E-state index in [0.717, 1.165) is 0 Å². The number of anilines is 2. The molecular weight excluding hydrogens is 296 g/mol. The Kier molecular flexibility index (Phi) is 4.78. The van der Waals surface area contributed by atoms with Crippen molar-refractivity contribution in [2.45, 2.75) is 6.54 Å². The van der Waals surface area contributed by atoms with Gasteiger partial charge in [-0.3, -0.25) is 14.3 Å². The standard InChI is InChI=1S/C13H13ClN4O3/c14-9-2-1-3-11(4-9)17-12(19)8-21-13(20)7-18-6-10(15)5-16-18/h1-6H,7-8,15H2,(H,17,19). The van der Waals surface area contributed by atoms with Gasteiger partial charge in [-0.05, 0) is 18.2 Å². The molecule has 3 N–H and O–H groups in total. The highest BCUT2D eigenvalue weighted by Crippen LogP contribution is 2.14. The first-order valence-electron chi connectivity index (χ1n) is 6.02. The number of aromatic nitrogens is 2. The monoisotopic (exact) mass is 308 g/mol. The van der Waals surface area contributed by atoms with Crippen molar-refractivity contribution in [3.63, 3.8) is 0 Å². The number of ether oxygens (including phenoxy) is 1. The van der Waals surface area contributed by atoms with Gasteiger partial charge in [0.2, 0.25) is 0 Å². The average Bonchev–Trinajstić information content (AvgIpc) is 2.82. The Hall–Kier alpha value is -2.54. The van der Waals surface area contributed by atoms with Crippen LogP contribution in [0.3, 0.4) is 0 Å². The van der Waals surface area contributed by atoms with Crippen molar-refractivity contribution in [2.75, 3.05) is 17.7 Å². The molecule has 0 aliphatic heterocycles. The first-order chi connectivity index (χ1) is 10.0. The minimum Gasteiger partial charge on any atom is -0.454 e. The number of hydrogen-bond donors (Lipinski definition) is 2. The number of rotatable bonds is 5. The number of nitrogens with zero attached hydrogens (tertiary/aromatic N) is 2. The number of hydrogen-bond acceptors (Lipinski definition) is 5. The highest BCUT2D eigenvalue weighted by molar-refractivity contribution is 6.30. The molecule has 0 bridgehead atoms. The van der Waals surface area contributed by atoms with Gasteiger partial charge in [0.1, 0.15) is 6.54 Å². The lowest BCUT2D eigenvalue weighted by Crippen LogP contribution is -2.23. The number of halogens is 1. The third kappa shape index (κ3) is 4.81. The van der Waals surface area contributed by atoms with Crippen LogP contribution in [0.4, 0.5) is 11.4 Å². The largest absolute Gasteiger partial charge is 0.454 e. The zero-order valence-electron chi connectivity index (χ0n) is 11.0. The Balaban J connectivity index is 1.77. The summed E-state index contributed by atoms with van der Waals surface area (Å²) in [5.74, 6) is -1.04. The number of benzene rings is 1. The summed E-state index contributed by atoms with van der Waals surface area (Å²) >= 11 is 5.79. The molecule has 0 unspecified atom stereocenters. The van der Waals surface area contributed by atoms with E-state index in [2.05, 4.69) is 10.4 Å². The summed E-state index contributed by atoms with van der Waals surface area (Å²) in [6.07, 6.45) is 2.91. The van der Waals surface area contributed by atoms with Crippen molar-refractivity contribution in [3.8, 4) is 0 Å². The maximum Gasteiger partial charge on any atom is 0.328 e. The van der Waals surface area contributed by atoms with E-state index in [1.54, 1.807) is 24.3 Å². The van der Waals surface area contributed by atoms with Crippen LogP contribution in [0.1, 0.15) is 0 Å². The molecule has 2 rings (SSSR count). The Morgan fingerprint density at radius 2 is 2.24 bits per heavy atom. The van der Waals surface area contributed by atoms with Gasteiger partial charge >= 0.3 is 5.97 Å². The molecule has 0 aliphatic carbocycles. The van der Waals surface area contributed by atoms with Crippen LogP contribution < -0.4 is 11.1 Å². The second-order valence-corrected chi connectivity index (χ2v) is 4.63. The molecule has 0 atom stereocenters. The number of nitrogen functional groups attached to an aromatic ring is 1. The maximum atomic E-state index is 11.6. The van der Waals surface area contributed by atoms with Crippen molar-refractivity contribution in [1.82, 2.24) is 9.78 Å². The molecule has 0 aliphatic rings. The Bertz CT molecular complexity index is 656. The average molecular weight is 309 g/mol. The van der Waals surface area contributed by atoms with Gasteiger partial charge in [0.15, 0.2) is 6.61 Å². The second kappa shape index (κ2) is 6.76. The zero-order valence-corrected chi connectivity index (χ0v) is 11.7. The van der Waals surface area contributed by atoms with E-state index < -0.39 is 11.9 Å². The van der Waals surface area contributed by atoms with E-state index in [1.807, 2.05) is 0 Å². The highest BCUT2D eigenvalue weighted by Gasteiger charge is 2.09. The van der Waals surface area contributed by atoms with Crippen molar-refractivity contribution in [3.05, 3.63) is 41.7 Å². The number of nitrogens with two attached hydrogens (primary N) is 1. The molecule has 1 heterocycles. The zero-order chi connectivity index (χ0) is 15.2. The van der Waals surface area contributed by atoms with Gasteiger partial charge in [0, 0.05) is 16.9 Å². The van der Waals surface area contributed by atoms with Crippen molar-refractivity contribution in [2.24, 2.45) is 0 Å². The Morgan fingerprint density at radius 3 is 2.90 bits per heavy atom. The highest BCUT2D eigenvalue weighted by atomic mass is 35.5. The first kappa shape index (κ1) is 14.9. The predicted octanol–water partition coefficient (Wildman–Crippen LogP) is 1.30. The lowest BCUT2D eigenvalue weighted by atomic mass is 10.3. The molecule has 7 nitrogen and oxygen atoms in total. The van der Waals surface area contributed by atoms with E-state index in [4.69, 9.17) is 22.1 Å². The van der Waals surface area contributed by atoms with Crippen LogP contribution in [-0.4, -0.2) is 28.3 Å². The van der Waals surface area contributed by atoms with Crippen molar-refractivity contribution >= 4 is 34.9 Å². The molecule has 21 heavy (non-hydrogen) atoms. The van der Waals surface area contributed by atoms with Gasteiger partial charge in [-0.2, -0.15) is 5.10 Å². The number of amides is 1. The van der Waals surface area contributed by atoms with E-state index in [-0.39, 0.29) is 13.2 Å². The summed E-state index contributed by atoms with van der Waals surface area (Å²) in [7, 11) is 0. The fourth-order valence-electron chi connectivity index (χ4n) is 1.55. The fraction of sp³-hybridized carbons (Fsp3) is 0.154. The lowest BCUT2D eigenvalue weighted by molar-refractivity contribution is -0.148. The second-order valence-electron chi connectivity index (χ2n) is 4.19. The number of carbonyl (C=O) groups excluding carboxylic acids is 2. The quantitative estimate of drug-likeness (QED) is 0.811. The minimum absolute atomic E-state index is 0.109. The molecule has 0 saturated heterocycles. The molecule has 0 fully saturated rings. The van der Waals surface area contributed by atoms with Crippen molar-refractivity contribution in [1.29, 1.82) is 0 Å². The van der Waals surface area contributed by atoms with Crippen LogP contribution >= 0.6 is 11.6 Å². The van der Waals surface area contributed by atoms with Crippen LogP contribution in [0.25, 0.3) is 0 Å². The molecular formula is C13H13ClN4O3. The molecule has 0 spiro atoms. The SMILES string of the molecule is Nc1cnn(CC(=O)OCC(=O)Nc2cccc(Cl)c2)c1. The number of esters is 1. The lowest BCUT2D eigenvalue weighted by Gasteiger charge is -2.07. The van der Waals surface area contributed by atoms with Crippen LogP contribution in [0.5, 0.6) is 0 Å². The smallest absolute Gasteiger partial charge is 0.328 e. The number of carbonyl (C=O) groups is 2. The minimum atomic E-state index is -0.584. The molecule has 110 valence electrons. The topological polar surface area (TPSA) is 99.2 Å². The molecule has 1 aromatic heterocycles. The first-order valence-corrected chi connectivity index (χ1v) is 6.40. The number of nitrogens with one attached hydrogen (secondary N) is 1. The maximum absolute atomic E-state index is 11.6. The Labute approximate surface area is 125 Å². The Morgan fingerprint density at radius 1 is 1.43 bits per heavy atom. The fourth-order valence-corrected chi connectivity index (χ4v) is 1.74. The van der Waals surface area contributed by atoms with E-state index in [1.165, 1.54) is 17.1 Å². The normalized spacial score (nSPS) is 10.1. The summed E-state index contributed by atoms with van der Waals surface area (Å²) in [5.41, 5.74) is 6.44. The van der Waals surface area contributed by atoms with Gasteiger partial charge in [-0.1, -0.05) is 17.7 Å². The van der Waals surface area contributed by atoms with Crippen LogP contribution in [-0.2, 0) is 20.9 Å². The summed E-state index contributed by atoms with van der Waals surface area (Å²) in [4.78, 5) is 23.1. The molecule has 2 aromatic rings. The van der Waals surface area contributed by atoms with Crippen molar-refractivity contribution < 1.29 is 14.3 Å². The van der Waals surface area contributed by atoms with Crippen LogP contribution in [0.15, 0.2) is 36.7 Å². The molecule has 0 saturated carbocycles. The van der Waals surface area contributed by atoms with Gasteiger partial charge < -0.3 is 15.8 Å². The van der Waals surface area contributed by atoms with E-state index in [0.29, 0.717) is 16.4 Å². The molecule has 0 radical (unpaired) electrons. The summed E-state index contributed by atoms with van der Waals surface area (Å²) < 4.78 is 6.16. The summed E-state index contributed by atoms with van der Waals surface area (Å²) in [6.45, 7) is -0.496. The van der Waals surface area contributed by atoms with Gasteiger partial charge in [0.05, 0.1) is 11.9 Å². The predicted molar refractivity (Wildman–Crippen MR) is 77.7 cm³/mol. The van der Waals surface area contributed by atoms with Crippen LogP contribution in [0, 0.1) is 0 Å². The molecule has 1 aromatic carbocycles. The molecule has 8 heteroatoms. The van der Waals surface area contributed by atoms with Gasteiger partial charge in [-0.25, -0.2) is 0 Å². The van der Waals surface area contributed by atoms with Crippen LogP contribution in [0.2, 0.25) is 5.02 Å².